The van der Waals surface area contributed by atoms with E-state index < -0.39 is 6.10 Å². The Morgan fingerprint density at radius 3 is 2.67 bits per heavy atom. The second-order valence-electron chi connectivity index (χ2n) is 5.16. The van der Waals surface area contributed by atoms with Crippen molar-refractivity contribution >= 4 is 34.5 Å². The zero-order valence-electron chi connectivity index (χ0n) is 10.5. The predicted molar refractivity (Wildman–Crippen MR) is 76.6 cm³/mol. The average Bonchev–Trinajstić information content (AvgIpc) is 2.85. The number of halogens is 1. The van der Waals surface area contributed by atoms with Crippen LogP contribution in [0.4, 0.5) is 0 Å². The molecule has 2 heterocycles. The van der Waals surface area contributed by atoms with Crippen LogP contribution in [0.15, 0.2) is 12.1 Å². The molecule has 0 bridgehead atoms. The van der Waals surface area contributed by atoms with Gasteiger partial charge in [0.1, 0.15) is 0 Å². The largest absolute Gasteiger partial charge is 0.387 e. The van der Waals surface area contributed by atoms with E-state index in [9.17, 15) is 5.11 Å². The molecule has 3 nitrogen and oxygen atoms in total. The summed E-state index contributed by atoms with van der Waals surface area (Å²) < 4.78 is 4.71. The molecule has 0 aliphatic carbocycles. The first-order valence-electron chi connectivity index (χ1n) is 5.63. The molecular formula is C12H15ClN2OS2. The Balaban J connectivity index is 2.19. The van der Waals surface area contributed by atoms with Crippen molar-refractivity contribution in [3.05, 3.63) is 31.9 Å². The van der Waals surface area contributed by atoms with Crippen molar-refractivity contribution in [3.63, 3.8) is 0 Å². The van der Waals surface area contributed by atoms with Gasteiger partial charge in [-0.05, 0) is 23.7 Å². The second-order valence-corrected chi connectivity index (χ2v) is 7.75. The molecular weight excluding hydrogens is 288 g/mol. The molecule has 0 saturated carbocycles. The number of aliphatic hydroxyl groups is 1. The van der Waals surface area contributed by atoms with Gasteiger partial charge >= 0.3 is 0 Å². The Morgan fingerprint density at radius 2 is 2.11 bits per heavy atom. The second kappa shape index (κ2) is 5.25. The van der Waals surface area contributed by atoms with Gasteiger partial charge in [-0.15, -0.1) is 16.4 Å². The van der Waals surface area contributed by atoms with Crippen LogP contribution in [0, 0.1) is 0 Å². The number of hydrogen-bond donors (Lipinski definition) is 1. The van der Waals surface area contributed by atoms with Gasteiger partial charge in [0.15, 0.2) is 0 Å². The molecule has 0 saturated heterocycles. The van der Waals surface area contributed by atoms with Crippen LogP contribution in [0.1, 0.15) is 42.3 Å². The minimum Gasteiger partial charge on any atom is -0.387 e. The molecule has 0 spiro atoms. The third-order valence-electron chi connectivity index (χ3n) is 2.55. The van der Waals surface area contributed by atoms with Crippen molar-refractivity contribution in [2.45, 2.75) is 38.7 Å². The summed E-state index contributed by atoms with van der Waals surface area (Å²) >= 11 is 8.65. The lowest BCUT2D eigenvalue weighted by Gasteiger charge is -2.18. The number of thiophene rings is 1. The fourth-order valence-corrected chi connectivity index (χ4v) is 3.65. The lowest BCUT2D eigenvalue weighted by atomic mass is 9.90. The molecule has 0 fully saturated rings. The van der Waals surface area contributed by atoms with Gasteiger partial charge in [-0.25, -0.2) is 0 Å². The smallest absolute Gasteiger partial charge is 0.0965 e. The van der Waals surface area contributed by atoms with E-state index in [4.69, 9.17) is 11.6 Å². The fourth-order valence-electron chi connectivity index (χ4n) is 1.68. The van der Waals surface area contributed by atoms with Crippen molar-refractivity contribution in [2.24, 2.45) is 0 Å². The molecule has 0 radical (unpaired) electrons. The van der Waals surface area contributed by atoms with Crippen LogP contribution < -0.4 is 0 Å². The maximum absolute atomic E-state index is 10.3. The molecule has 1 N–H and O–H groups in total. The summed E-state index contributed by atoms with van der Waals surface area (Å²) in [7, 11) is 0. The molecule has 2 rings (SSSR count). The molecule has 0 aliphatic rings. The lowest BCUT2D eigenvalue weighted by Crippen LogP contribution is -2.16. The Labute approximate surface area is 120 Å². The maximum atomic E-state index is 10.3. The predicted octanol–water partition coefficient (Wildman–Crippen LogP) is 3.83. The third-order valence-corrected chi connectivity index (χ3v) is 4.63. The summed E-state index contributed by atoms with van der Waals surface area (Å²) in [6, 6.07) is 3.80. The number of rotatable bonds is 3. The zero-order chi connectivity index (χ0) is 13.3. The monoisotopic (exact) mass is 302 g/mol. The van der Waals surface area contributed by atoms with Gasteiger partial charge in [0.05, 0.1) is 21.0 Å². The Morgan fingerprint density at radius 1 is 1.39 bits per heavy atom. The van der Waals surface area contributed by atoms with Gasteiger partial charge in [-0.2, -0.15) is 0 Å². The van der Waals surface area contributed by atoms with Crippen LogP contribution in [0.5, 0.6) is 0 Å². The maximum Gasteiger partial charge on any atom is 0.0965 e. The third kappa shape index (κ3) is 3.09. The van der Waals surface area contributed by atoms with E-state index in [1.807, 2.05) is 12.1 Å². The van der Waals surface area contributed by atoms with Crippen LogP contribution >= 0.6 is 34.5 Å². The number of hydrogen-bond acceptors (Lipinski definition) is 5. The van der Waals surface area contributed by atoms with Crippen LogP contribution in [0.25, 0.3) is 0 Å². The molecule has 1 unspecified atom stereocenters. The van der Waals surface area contributed by atoms with Crippen LogP contribution in [-0.4, -0.2) is 14.7 Å². The highest BCUT2D eigenvalue weighted by molar-refractivity contribution is 7.16. The summed E-state index contributed by atoms with van der Waals surface area (Å²) in [6.45, 7) is 6.21. The zero-order valence-corrected chi connectivity index (χ0v) is 12.9. The molecule has 0 amide bonds. The quantitative estimate of drug-likeness (QED) is 0.937. The first kappa shape index (κ1) is 13.9. The number of aliphatic hydroxyl groups excluding tert-OH is 1. The van der Waals surface area contributed by atoms with Crippen molar-refractivity contribution in [3.8, 4) is 0 Å². The highest BCUT2D eigenvalue weighted by Gasteiger charge is 2.26. The fraction of sp³-hybridized carbons (Fsp3) is 0.500. The highest BCUT2D eigenvalue weighted by atomic mass is 35.5. The van der Waals surface area contributed by atoms with Gasteiger partial charge in [0.25, 0.3) is 0 Å². The van der Waals surface area contributed by atoms with Gasteiger partial charge in [0, 0.05) is 16.7 Å². The molecule has 1 atom stereocenters. The molecule has 2 aromatic heterocycles. The van der Waals surface area contributed by atoms with Crippen LogP contribution in [0.2, 0.25) is 4.34 Å². The average molecular weight is 303 g/mol. The highest BCUT2D eigenvalue weighted by Crippen LogP contribution is 2.33. The Bertz CT molecular complexity index is 530. The molecule has 18 heavy (non-hydrogen) atoms. The molecule has 0 aliphatic heterocycles. The van der Waals surface area contributed by atoms with E-state index in [1.165, 1.54) is 22.9 Å². The van der Waals surface area contributed by atoms with E-state index in [-0.39, 0.29) is 5.41 Å². The van der Waals surface area contributed by atoms with Gasteiger partial charge < -0.3 is 5.11 Å². The summed E-state index contributed by atoms with van der Waals surface area (Å²) in [4.78, 5) is 1.92. The Hall–Kier alpha value is -0.490. The number of aromatic nitrogens is 2. The summed E-state index contributed by atoms with van der Waals surface area (Å²) in [5.41, 5.74) is 0.777. The van der Waals surface area contributed by atoms with Crippen molar-refractivity contribution in [2.75, 3.05) is 0 Å². The normalized spacial score (nSPS) is 13.8. The summed E-state index contributed by atoms with van der Waals surface area (Å²) in [5, 5.41) is 14.5. The lowest BCUT2D eigenvalue weighted by molar-refractivity contribution is 0.180. The molecule has 0 aromatic carbocycles. The van der Waals surface area contributed by atoms with Gasteiger partial charge in [-0.1, -0.05) is 36.9 Å². The topological polar surface area (TPSA) is 46.0 Å². The summed E-state index contributed by atoms with van der Waals surface area (Å²) in [5.74, 6) is 0. The van der Waals surface area contributed by atoms with Crippen molar-refractivity contribution in [1.82, 2.24) is 9.59 Å². The van der Waals surface area contributed by atoms with E-state index in [2.05, 4.69) is 30.4 Å². The van der Waals surface area contributed by atoms with Crippen molar-refractivity contribution in [1.29, 1.82) is 0 Å². The first-order chi connectivity index (χ1) is 8.38. The molecule has 98 valence electrons. The van der Waals surface area contributed by atoms with E-state index in [1.54, 1.807) is 0 Å². The summed E-state index contributed by atoms with van der Waals surface area (Å²) in [6.07, 6.45) is -0.00130. The Kier molecular flexibility index (Phi) is 4.06. The van der Waals surface area contributed by atoms with Crippen molar-refractivity contribution < 1.29 is 5.11 Å². The molecule has 6 heteroatoms. The van der Waals surface area contributed by atoms with Gasteiger partial charge in [-0.3, -0.25) is 0 Å². The van der Waals surface area contributed by atoms with E-state index in [0.717, 1.165) is 19.8 Å². The number of nitrogens with zero attached hydrogens (tertiary/aromatic N) is 2. The standard InChI is InChI=1S/C12H15ClN2OS2/c1-12(2,3)11-10(18-15-14-11)8(16)6-7-4-5-9(13)17-7/h4-5,8,16H,6H2,1-3H3. The van der Waals surface area contributed by atoms with Crippen LogP contribution in [0.3, 0.4) is 0 Å². The van der Waals surface area contributed by atoms with E-state index in [0.29, 0.717) is 6.42 Å². The first-order valence-corrected chi connectivity index (χ1v) is 7.59. The minimum atomic E-state index is -0.561. The van der Waals surface area contributed by atoms with Gasteiger partial charge in [0.2, 0.25) is 0 Å². The van der Waals surface area contributed by atoms with Crippen LogP contribution in [-0.2, 0) is 11.8 Å². The minimum absolute atomic E-state index is 0.101. The van der Waals surface area contributed by atoms with E-state index >= 15 is 0 Å². The SMILES string of the molecule is CC(C)(C)c1nnsc1C(O)Cc1ccc(Cl)s1. The molecule has 2 aromatic rings.